The molecule has 0 aliphatic rings. The number of nitrogens with two attached hydrogens (primary N) is 1. The van der Waals surface area contributed by atoms with Crippen LogP contribution in [0.15, 0.2) is 18.2 Å². The lowest BCUT2D eigenvalue weighted by Gasteiger charge is -2.01. The fraction of sp³-hybridized carbons (Fsp3) is 0.125. The topological polar surface area (TPSA) is 43.1 Å². The lowest BCUT2D eigenvalue weighted by atomic mass is 10.1. The van der Waals surface area contributed by atoms with Gasteiger partial charge in [-0.2, -0.15) is 0 Å². The molecule has 1 aromatic carbocycles. The summed E-state index contributed by atoms with van der Waals surface area (Å²) in [6.45, 7) is 0. The van der Waals surface area contributed by atoms with E-state index in [0.717, 1.165) is 12.1 Å². The molecule has 70 valence electrons. The van der Waals surface area contributed by atoms with Crippen LogP contribution in [0.3, 0.4) is 0 Å². The van der Waals surface area contributed by atoms with Crippen LogP contribution in [0.5, 0.6) is 0 Å². The molecule has 0 bridgehead atoms. The summed E-state index contributed by atoms with van der Waals surface area (Å²) >= 11 is 0. The van der Waals surface area contributed by atoms with Gasteiger partial charge in [-0.05, 0) is 18.2 Å². The number of benzene rings is 1. The Hall–Kier alpha value is -1.52. The molecular weight excluding hydrogens is 183 g/mol. The summed E-state index contributed by atoms with van der Waals surface area (Å²) in [5.41, 5.74) is 4.00. The second kappa shape index (κ2) is 3.47. The number of carbonyl (C=O) groups excluding carboxylic acids is 1. The average molecular weight is 189 g/mol. The van der Waals surface area contributed by atoms with Gasteiger partial charge in [-0.15, -0.1) is 0 Å². The van der Waals surface area contributed by atoms with Gasteiger partial charge < -0.3 is 5.73 Å². The monoisotopic (exact) mass is 189 g/mol. The molecule has 0 saturated heterocycles. The molecule has 0 heterocycles. The Morgan fingerprint density at radius 1 is 1.31 bits per heavy atom. The van der Waals surface area contributed by atoms with Gasteiger partial charge in [0.1, 0.15) is 5.82 Å². The molecule has 0 atom stereocenters. The molecule has 2 nitrogen and oxygen atoms in total. The van der Waals surface area contributed by atoms with Crippen LogP contribution in [0.1, 0.15) is 22.3 Å². The second-order valence-corrected chi connectivity index (χ2v) is 2.44. The molecule has 1 amide bonds. The molecule has 1 rings (SSSR count). The maximum Gasteiger partial charge on any atom is 0.263 e. The van der Waals surface area contributed by atoms with Gasteiger partial charge >= 0.3 is 0 Å². The zero-order valence-electron chi connectivity index (χ0n) is 6.43. The summed E-state index contributed by atoms with van der Waals surface area (Å²) in [6.07, 6.45) is -2.81. The van der Waals surface area contributed by atoms with E-state index in [4.69, 9.17) is 5.73 Å². The summed E-state index contributed by atoms with van der Waals surface area (Å²) in [4.78, 5) is 10.5. The molecule has 0 aliphatic heterocycles. The van der Waals surface area contributed by atoms with Gasteiger partial charge in [0.05, 0.1) is 0 Å². The molecule has 5 heteroatoms. The number of halogens is 3. The van der Waals surface area contributed by atoms with Crippen LogP contribution in [0.2, 0.25) is 0 Å². The average Bonchev–Trinajstić information content (AvgIpc) is 2.03. The van der Waals surface area contributed by atoms with Crippen molar-refractivity contribution >= 4 is 5.91 Å². The van der Waals surface area contributed by atoms with E-state index < -0.39 is 23.7 Å². The zero-order chi connectivity index (χ0) is 10.0. The molecule has 13 heavy (non-hydrogen) atoms. The Bertz CT molecular complexity index is 338. The minimum absolute atomic E-state index is 0.254. The van der Waals surface area contributed by atoms with E-state index in [-0.39, 0.29) is 5.56 Å². The van der Waals surface area contributed by atoms with Gasteiger partial charge in [0, 0.05) is 11.1 Å². The summed E-state index contributed by atoms with van der Waals surface area (Å²) in [5.74, 6) is -1.83. The molecule has 0 spiro atoms. The highest BCUT2D eigenvalue weighted by Crippen LogP contribution is 2.20. The van der Waals surface area contributed by atoms with E-state index in [1.807, 2.05) is 0 Å². The predicted molar refractivity (Wildman–Crippen MR) is 39.9 cm³/mol. The normalized spacial score (nSPS) is 10.5. The first kappa shape index (κ1) is 9.57. The number of amides is 1. The van der Waals surface area contributed by atoms with Crippen molar-refractivity contribution in [2.45, 2.75) is 6.43 Å². The summed E-state index contributed by atoms with van der Waals surface area (Å²) < 4.78 is 36.8. The van der Waals surface area contributed by atoms with Crippen LogP contribution in [-0.4, -0.2) is 5.91 Å². The molecule has 0 unspecified atom stereocenters. The number of alkyl halides is 2. The quantitative estimate of drug-likeness (QED) is 0.758. The van der Waals surface area contributed by atoms with Crippen molar-refractivity contribution in [1.29, 1.82) is 0 Å². The first-order chi connectivity index (χ1) is 6.00. The van der Waals surface area contributed by atoms with Crippen molar-refractivity contribution in [3.63, 3.8) is 0 Å². The van der Waals surface area contributed by atoms with E-state index in [2.05, 4.69) is 0 Å². The highest BCUT2D eigenvalue weighted by atomic mass is 19.3. The van der Waals surface area contributed by atoms with Crippen molar-refractivity contribution < 1.29 is 18.0 Å². The molecule has 0 saturated carbocycles. The van der Waals surface area contributed by atoms with Gasteiger partial charge in [0.25, 0.3) is 6.43 Å². The van der Waals surface area contributed by atoms with Crippen molar-refractivity contribution in [3.05, 3.63) is 35.1 Å². The molecule has 0 radical (unpaired) electrons. The van der Waals surface area contributed by atoms with Gasteiger partial charge in [-0.1, -0.05) is 0 Å². The zero-order valence-corrected chi connectivity index (χ0v) is 6.43. The Morgan fingerprint density at radius 3 is 2.38 bits per heavy atom. The van der Waals surface area contributed by atoms with Gasteiger partial charge in [0.2, 0.25) is 5.91 Å². The van der Waals surface area contributed by atoms with E-state index in [1.54, 1.807) is 0 Å². The Kier molecular flexibility index (Phi) is 2.55. The fourth-order valence-electron chi connectivity index (χ4n) is 0.881. The minimum Gasteiger partial charge on any atom is -0.366 e. The molecular formula is C8H6F3NO. The number of primary amides is 1. The van der Waals surface area contributed by atoms with Crippen molar-refractivity contribution in [1.82, 2.24) is 0 Å². The van der Waals surface area contributed by atoms with Gasteiger partial charge in [-0.3, -0.25) is 4.79 Å². The third kappa shape index (κ3) is 2.21. The first-order valence-corrected chi connectivity index (χ1v) is 3.39. The van der Waals surface area contributed by atoms with Crippen LogP contribution in [0.4, 0.5) is 13.2 Å². The number of carbonyl (C=O) groups is 1. The Labute approximate surface area is 72.2 Å². The van der Waals surface area contributed by atoms with Crippen LogP contribution in [-0.2, 0) is 0 Å². The van der Waals surface area contributed by atoms with Crippen LogP contribution < -0.4 is 5.73 Å². The third-order valence-corrected chi connectivity index (χ3v) is 1.46. The molecule has 0 aromatic heterocycles. The van der Waals surface area contributed by atoms with Crippen molar-refractivity contribution in [2.75, 3.05) is 0 Å². The predicted octanol–water partition coefficient (Wildman–Crippen LogP) is 1.86. The van der Waals surface area contributed by atoms with E-state index in [0.29, 0.717) is 6.07 Å². The second-order valence-electron chi connectivity index (χ2n) is 2.44. The van der Waals surface area contributed by atoms with Crippen LogP contribution in [0.25, 0.3) is 0 Å². The summed E-state index contributed by atoms with van der Waals surface area (Å²) in [6, 6.07) is 2.35. The van der Waals surface area contributed by atoms with Gasteiger partial charge in [0.15, 0.2) is 0 Å². The Balaban J connectivity index is 3.19. The van der Waals surface area contributed by atoms with Crippen LogP contribution >= 0.6 is 0 Å². The number of rotatable bonds is 2. The maximum absolute atomic E-state index is 12.6. The lowest BCUT2D eigenvalue weighted by Crippen LogP contribution is -2.11. The van der Waals surface area contributed by atoms with E-state index >= 15 is 0 Å². The molecule has 0 aliphatic carbocycles. The fourth-order valence-corrected chi connectivity index (χ4v) is 0.881. The highest BCUT2D eigenvalue weighted by molar-refractivity contribution is 5.92. The molecule has 1 aromatic rings. The first-order valence-electron chi connectivity index (χ1n) is 3.39. The van der Waals surface area contributed by atoms with Crippen molar-refractivity contribution in [2.24, 2.45) is 5.73 Å². The molecule has 0 fully saturated rings. The lowest BCUT2D eigenvalue weighted by molar-refractivity contribution is 0.0999. The van der Waals surface area contributed by atoms with E-state index in [9.17, 15) is 18.0 Å². The SMILES string of the molecule is NC(=O)c1cc(F)cc(C(F)F)c1. The van der Waals surface area contributed by atoms with E-state index in [1.165, 1.54) is 0 Å². The standard InChI is InChI=1S/C8H6F3NO/c9-6-2-4(7(10)11)1-5(3-6)8(12)13/h1-3,7H,(H2,12,13). The largest absolute Gasteiger partial charge is 0.366 e. The van der Waals surface area contributed by atoms with Crippen LogP contribution in [0, 0.1) is 5.82 Å². The highest BCUT2D eigenvalue weighted by Gasteiger charge is 2.11. The summed E-state index contributed by atoms with van der Waals surface area (Å²) in [7, 11) is 0. The third-order valence-electron chi connectivity index (χ3n) is 1.46. The Morgan fingerprint density at radius 2 is 1.92 bits per heavy atom. The summed E-state index contributed by atoms with van der Waals surface area (Å²) in [5, 5.41) is 0. The minimum atomic E-state index is -2.81. The van der Waals surface area contributed by atoms with Gasteiger partial charge in [-0.25, -0.2) is 13.2 Å². The smallest absolute Gasteiger partial charge is 0.263 e. The maximum atomic E-state index is 12.6. The number of hydrogen-bond donors (Lipinski definition) is 1. The molecule has 2 N–H and O–H groups in total. The number of hydrogen-bond acceptors (Lipinski definition) is 1. The van der Waals surface area contributed by atoms with Crippen molar-refractivity contribution in [3.8, 4) is 0 Å².